The number of nitrogens with zero attached hydrogens (tertiary/aromatic N) is 4. The molecular formula is C21H33N5O3. The highest BCUT2D eigenvalue weighted by Crippen LogP contribution is 2.28. The molecule has 3 rings (SSSR count). The lowest BCUT2D eigenvalue weighted by molar-refractivity contribution is 0.0497. The van der Waals surface area contributed by atoms with Gasteiger partial charge < -0.3 is 24.5 Å². The summed E-state index contributed by atoms with van der Waals surface area (Å²) in [5, 5.41) is 10.4. The maximum atomic E-state index is 10.4. The van der Waals surface area contributed by atoms with Gasteiger partial charge in [0.05, 0.1) is 13.7 Å². The van der Waals surface area contributed by atoms with Crippen molar-refractivity contribution in [2.24, 2.45) is 0 Å². The molecule has 1 unspecified atom stereocenters. The summed E-state index contributed by atoms with van der Waals surface area (Å²) < 4.78 is 11.4. The van der Waals surface area contributed by atoms with Gasteiger partial charge in [0.25, 0.3) is 0 Å². The minimum atomic E-state index is -0.534. The number of likely N-dealkylation sites (N-methyl/N-ethyl adjacent to an activating group) is 1. The van der Waals surface area contributed by atoms with Crippen LogP contribution in [0.1, 0.15) is 11.4 Å². The van der Waals surface area contributed by atoms with Crippen LogP contribution in [0.3, 0.4) is 0 Å². The van der Waals surface area contributed by atoms with E-state index < -0.39 is 6.10 Å². The zero-order valence-electron chi connectivity index (χ0n) is 17.7. The van der Waals surface area contributed by atoms with Crippen LogP contribution in [0.5, 0.6) is 11.5 Å². The van der Waals surface area contributed by atoms with E-state index in [0.717, 1.165) is 50.7 Å². The second-order valence-electron chi connectivity index (χ2n) is 7.76. The van der Waals surface area contributed by atoms with Crippen LogP contribution in [0, 0.1) is 0 Å². The van der Waals surface area contributed by atoms with Crippen molar-refractivity contribution in [1.29, 1.82) is 0 Å². The van der Waals surface area contributed by atoms with E-state index in [0.29, 0.717) is 18.0 Å². The topological polar surface area (TPSA) is 77.1 Å². The van der Waals surface area contributed by atoms with Crippen LogP contribution in [0.25, 0.3) is 0 Å². The van der Waals surface area contributed by atoms with Crippen molar-refractivity contribution in [2.75, 3.05) is 60.5 Å². The number of aromatic nitrogens is 2. The number of β-amino-alcohol motifs (C(OH)–C–C–N with tert-alkyl or cyclic N) is 1. The van der Waals surface area contributed by atoms with Gasteiger partial charge in [-0.25, -0.2) is 4.98 Å². The molecule has 1 atom stereocenters. The van der Waals surface area contributed by atoms with Gasteiger partial charge in [0, 0.05) is 51.7 Å². The zero-order chi connectivity index (χ0) is 20.6. The molecule has 0 bridgehead atoms. The van der Waals surface area contributed by atoms with Gasteiger partial charge in [-0.1, -0.05) is 6.07 Å². The number of rotatable bonds is 10. The fraction of sp³-hybridized carbons (Fsp3) is 0.571. The van der Waals surface area contributed by atoms with Gasteiger partial charge in [-0.05, 0) is 31.8 Å². The standard InChI is InChI=1S/C21H33N5O3/c1-24-8-10-26(11-9-24)14-18(27)16-29-20-12-17(4-5-19(20)28-3)13-25(2)15-21-22-6-7-23-21/h4-7,12,18,27H,8-11,13-16H2,1-3H3,(H,22,23). The van der Waals surface area contributed by atoms with Crippen LogP contribution in [0.15, 0.2) is 30.6 Å². The van der Waals surface area contributed by atoms with Crippen LogP contribution < -0.4 is 9.47 Å². The highest BCUT2D eigenvalue weighted by molar-refractivity contribution is 5.43. The van der Waals surface area contributed by atoms with E-state index in [1.54, 1.807) is 13.3 Å². The van der Waals surface area contributed by atoms with Crippen molar-refractivity contribution < 1.29 is 14.6 Å². The van der Waals surface area contributed by atoms with E-state index in [9.17, 15) is 5.11 Å². The number of hydrogen-bond acceptors (Lipinski definition) is 7. The minimum absolute atomic E-state index is 0.244. The number of benzene rings is 1. The maximum Gasteiger partial charge on any atom is 0.161 e. The van der Waals surface area contributed by atoms with Crippen molar-refractivity contribution in [1.82, 2.24) is 24.7 Å². The SMILES string of the molecule is COc1ccc(CN(C)Cc2ncc[nH]2)cc1OCC(O)CN1CCN(C)CC1. The van der Waals surface area contributed by atoms with Gasteiger partial charge in [-0.3, -0.25) is 9.80 Å². The lowest BCUT2D eigenvalue weighted by atomic mass is 10.2. The number of nitrogens with one attached hydrogen (secondary N) is 1. The first-order chi connectivity index (χ1) is 14.0. The molecule has 1 fully saturated rings. The maximum absolute atomic E-state index is 10.4. The molecule has 0 aliphatic carbocycles. The van der Waals surface area contributed by atoms with Crippen LogP contribution in [0.2, 0.25) is 0 Å². The molecule has 2 aromatic rings. The molecule has 2 heterocycles. The zero-order valence-corrected chi connectivity index (χ0v) is 17.7. The molecule has 2 N–H and O–H groups in total. The van der Waals surface area contributed by atoms with Crippen LogP contribution in [-0.4, -0.2) is 96.4 Å². The minimum Gasteiger partial charge on any atom is -0.493 e. The van der Waals surface area contributed by atoms with E-state index in [4.69, 9.17) is 9.47 Å². The molecule has 0 amide bonds. The first-order valence-corrected chi connectivity index (χ1v) is 10.1. The molecule has 1 saturated heterocycles. The number of methoxy groups -OCH3 is 1. The van der Waals surface area contributed by atoms with Gasteiger partial charge in [0.15, 0.2) is 11.5 Å². The second-order valence-corrected chi connectivity index (χ2v) is 7.76. The molecular weight excluding hydrogens is 370 g/mol. The highest BCUT2D eigenvalue weighted by Gasteiger charge is 2.18. The van der Waals surface area contributed by atoms with Crippen LogP contribution in [0.4, 0.5) is 0 Å². The first-order valence-electron chi connectivity index (χ1n) is 10.1. The fourth-order valence-corrected chi connectivity index (χ4v) is 3.51. The summed E-state index contributed by atoms with van der Waals surface area (Å²) in [5.41, 5.74) is 1.11. The number of piperazine rings is 1. The lowest BCUT2D eigenvalue weighted by Crippen LogP contribution is -2.47. The third kappa shape index (κ3) is 6.71. The molecule has 0 spiro atoms. The molecule has 29 heavy (non-hydrogen) atoms. The second kappa shape index (κ2) is 10.6. The monoisotopic (exact) mass is 403 g/mol. The molecule has 8 nitrogen and oxygen atoms in total. The Kier molecular flexibility index (Phi) is 7.88. The predicted octanol–water partition coefficient (Wildman–Crippen LogP) is 1.04. The Morgan fingerprint density at radius 2 is 2.00 bits per heavy atom. The Morgan fingerprint density at radius 3 is 2.69 bits per heavy atom. The molecule has 0 radical (unpaired) electrons. The fourth-order valence-electron chi connectivity index (χ4n) is 3.51. The quantitative estimate of drug-likeness (QED) is 0.614. The summed E-state index contributed by atoms with van der Waals surface area (Å²) >= 11 is 0. The van der Waals surface area contributed by atoms with E-state index in [2.05, 4.69) is 31.7 Å². The smallest absolute Gasteiger partial charge is 0.161 e. The lowest BCUT2D eigenvalue weighted by Gasteiger charge is -2.33. The molecule has 1 aromatic heterocycles. The Labute approximate surface area is 173 Å². The molecule has 1 aromatic carbocycles. The summed E-state index contributed by atoms with van der Waals surface area (Å²) in [6.45, 7) is 6.40. The molecule has 1 aliphatic rings. The summed E-state index contributed by atoms with van der Waals surface area (Å²) in [7, 11) is 5.81. The number of aliphatic hydroxyl groups excluding tert-OH is 1. The van der Waals surface area contributed by atoms with Crippen molar-refractivity contribution >= 4 is 0 Å². The Bertz CT molecular complexity index is 732. The third-order valence-corrected chi connectivity index (χ3v) is 5.15. The van der Waals surface area contributed by atoms with Gasteiger partial charge in [0.2, 0.25) is 0 Å². The number of imidazole rings is 1. The normalized spacial score (nSPS) is 16.9. The van der Waals surface area contributed by atoms with Crippen molar-refractivity contribution in [3.05, 3.63) is 42.0 Å². The Balaban J connectivity index is 1.52. The van der Waals surface area contributed by atoms with Crippen LogP contribution in [-0.2, 0) is 13.1 Å². The van der Waals surface area contributed by atoms with Crippen molar-refractivity contribution in [2.45, 2.75) is 19.2 Å². The number of aromatic amines is 1. The van der Waals surface area contributed by atoms with Crippen molar-refractivity contribution in [3.8, 4) is 11.5 Å². The summed E-state index contributed by atoms with van der Waals surface area (Å²) in [4.78, 5) is 14.1. The molecule has 0 saturated carbocycles. The number of H-pyrrole nitrogens is 1. The van der Waals surface area contributed by atoms with Gasteiger partial charge in [-0.15, -0.1) is 0 Å². The number of aliphatic hydroxyl groups is 1. The van der Waals surface area contributed by atoms with E-state index in [1.807, 2.05) is 31.4 Å². The van der Waals surface area contributed by atoms with Gasteiger partial charge >= 0.3 is 0 Å². The average Bonchev–Trinajstić information content (AvgIpc) is 3.21. The first kappa shape index (κ1) is 21.6. The average molecular weight is 404 g/mol. The summed E-state index contributed by atoms with van der Waals surface area (Å²) in [6.07, 6.45) is 3.06. The largest absolute Gasteiger partial charge is 0.493 e. The number of hydrogen-bond donors (Lipinski definition) is 2. The van der Waals surface area contributed by atoms with Gasteiger partial charge in [-0.2, -0.15) is 0 Å². The van der Waals surface area contributed by atoms with E-state index in [1.165, 1.54) is 0 Å². The summed E-state index contributed by atoms with van der Waals surface area (Å²) in [5.74, 6) is 2.27. The predicted molar refractivity (Wildman–Crippen MR) is 112 cm³/mol. The molecule has 8 heteroatoms. The number of ether oxygens (including phenoxy) is 2. The van der Waals surface area contributed by atoms with Gasteiger partial charge in [0.1, 0.15) is 18.5 Å². The Hall–Kier alpha value is -2.13. The molecule has 1 aliphatic heterocycles. The highest BCUT2D eigenvalue weighted by atomic mass is 16.5. The van der Waals surface area contributed by atoms with Crippen molar-refractivity contribution in [3.63, 3.8) is 0 Å². The summed E-state index contributed by atoms with van der Waals surface area (Å²) in [6, 6.07) is 5.93. The van der Waals surface area contributed by atoms with Crippen LogP contribution >= 0.6 is 0 Å². The third-order valence-electron chi connectivity index (χ3n) is 5.15. The van der Waals surface area contributed by atoms with E-state index >= 15 is 0 Å². The van der Waals surface area contributed by atoms with E-state index in [-0.39, 0.29) is 6.61 Å². The Morgan fingerprint density at radius 1 is 1.21 bits per heavy atom. The molecule has 160 valence electrons.